The van der Waals surface area contributed by atoms with Crippen LogP contribution in [0.15, 0.2) is 23.2 Å². The van der Waals surface area contributed by atoms with Gasteiger partial charge in [-0.1, -0.05) is 25.0 Å². The van der Waals surface area contributed by atoms with Crippen molar-refractivity contribution in [1.29, 1.82) is 0 Å². The van der Waals surface area contributed by atoms with Gasteiger partial charge in [0.15, 0.2) is 17.5 Å². The number of benzene rings is 1. The SMILES string of the molecule is CCNC(=NCc1cccc(OC)c1O)NCC1(CCOCC)CCCC1.I. The van der Waals surface area contributed by atoms with Gasteiger partial charge in [0.25, 0.3) is 0 Å². The van der Waals surface area contributed by atoms with E-state index < -0.39 is 0 Å². The first-order chi connectivity index (χ1) is 13.1. The van der Waals surface area contributed by atoms with Crippen LogP contribution in [0.4, 0.5) is 0 Å². The van der Waals surface area contributed by atoms with Crippen LogP contribution in [0.25, 0.3) is 0 Å². The first kappa shape index (κ1) is 24.8. The average Bonchev–Trinajstić information content (AvgIpc) is 3.14. The normalized spacial score (nSPS) is 15.8. The summed E-state index contributed by atoms with van der Waals surface area (Å²) in [7, 11) is 1.55. The molecule has 0 amide bonds. The van der Waals surface area contributed by atoms with Crippen LogP contribution in [0.2, 0.25) is 0 Å². The lowest BCUT2D eigenvalue weighted by atomic mass is 9.83. The fraction of sp³-hybridized carbons (Fsp3) is 0.667. The van der Waals surface area contributed by atoms with Crippen molar-refractivity contribution in [2.45, 2.75) is 52.5 Å². The molecule has 0 bridgehead atoms. The molecule has 1 aromatic rings. The predicted octanol–water partition coefficient (Wildman–Crippen LogP) is 4.06. The van der Waals surface area contributed by atoms with Gasteiger partial charge in [-0.05, 0) is 44.6 Å². The molecule has 0 unspecified atom stereocenters. The van der Waals surface area contributed by atoms with E-state index in [0.29, 0.717) is 17.7 Å². The molecule has 160 valence electrons. The van der Waals surface area contributed by atoms with Crippen molar-refractivity contribution in [1.82, 2.24) is 10.6 Å². The molecule has 6 nitrogen and oxygen atoms in total. The Morgan fingerprint density at radius 1 is 1.21 bits per heavy atom. The summed E-state index contributed by atoms with van der Waals surface area (Å²) in [6.45, 7) is 7.79. The summed E-state index contributed by atoms with van der Waals surface area (Å²) >= 11 is 0. The maximum absolute atomic E-state index is 10.2. The Labute approximate surface area is 186 Å². The molecular formula is C21H36IN3O3. The maximum Gasteiger partial charge on any atom is 0.191 e. The van der Waals surface area contributed by atoms with Gasteiger partial charge in [-0.2, -0.15) is 0 Å². The molecule has 0 aromatic heterocycles. The quantitative estimate of drug-likeness (QED) is 0.194. The van der Waals surface area contributed by atoms with Gasteiger partial charge in [-0.25, -0.2) is 4.99 Å². The number of aliphatic imine (C=N–C) groups is 1. The van der Waals surface area contributed by atoms with Gasteiger partial charge in [-0.15, -0.1) is 24.0 Å². The number of halogens is 1. The third-order valence-electron chi connectivity index (χ3n) is 5.33. The van der Waals surface area contributed by atoms with E-state index in [1.165, 1.54) is 25.7 Å². The van der Waals surface area contributed by atoms with Gasteiger partial charge in [0.05, 0.1) is 13.7 Å². The highest BCUT2D eigenvalue weighted by Crippen LogP contribution is 2.40. The molecule has 0 spiro atoms. The molecule has 0 aliphatic heterocycles. The molecule has 1 aliphatic rings. The summed E-state index contributed by atoms with van der Waals surface area (Å²) in [5.41, 5.74) is 1.04. The Balaban J connectivity index is 0.00000392. The molecule has 2 rings (SSSR count). The molecule has 1 fully saturated rings. The van der Waals surface area contributed by atoms with Crippen LogP contribution in [-0.4, -0.2) is 44.5 Å². The molecule has 0 atom stereocenters. The second-order valence-electron chi connectivity index (χ2n) is 7.17. The van der Waals surface area contributed by atoms with E-state index in [-0.39, 0.29) is 29.7 Å². The van der Waals surface area contributed by atoms with Gasteiger partial charge < -0.3 is 25.2 Å². The van der Waals surface area contributed by atoms with Crippen molar-refractivity contribution >= 4 is 29.9 Å². The largest absolute Gasteiger partial charge is 0.504 e. The van der Waals surface area contributed by atoms with Crippen molar-refractivity contribution in [3.63, 3.8) is 0 Å². The van der Waals surface area contributed by atoms with Crippen LogP contribution in [0.3, 0.4) is 0 Å². The number of phenolic OH excluding ortho intramolecular Hbond substituents is 1. The molecular weight excluding hydrogens is 469 g/mol. The summed E-state index contributed by atoms with van der Waals surface area (Å²) in [6, 6.07) is 5.48. The second kappa shape index (κ2) is 13.1. The van der Waals surface area contributed by atoms with Crippen molar-refractivity contribution in [2.24, 2.45) is 10.4 Å². The van der Waals surface area contributed by atoms with Crippen LogP contribution < -0.4 is 15.4 Å². The average molecular weight is 505 g/mol. The fourth-order valence-electron chi connectivity index (χ4n) is 3.71. The highest BCUT2D eigenvalue weighted by molar-refractivity contribution is 14.0. The van der Waals surface area contributed by atoms with Crippen LogP contribution in [-0.2, 0) is 11.3 Å². The van der Waals surface area contributed by atoms with Gasteiger partial charge in [0, 0.05) is 31.9 Å². The fourth-order valence-corrected chi connectivity index (χ4v) is 3.71. The molecule has 3 N–H and O–H groups in total. The number of para-hydroxylation sites is 1. The van der Waals surface area contributed by atoms with Crippen LogP contribution in [0.5, 0.6) is 11.5 Å². The van der Waals surface area contributed by atoms with Gasteiger partial charge in [0.2, 0.25) is 0 Å². The molecule has 1 aromatic carbocycles. The first-order valence-corrected chi connectivity index (χ1v) is 10.1. The molecule has 7 heteroatoms. The standard InChI is InChI=1S/C21H35N3O3.HI/c1-4-22-20(23-15-17-9-8-10-18(26-3)19(17)25)24-16-21(11-6-7-12-21)13-14-27-5-2;/h8-10,25H,4-7,11-16H2,1-3H3,(H2,22,23,24);1H. The van der Waals surface area contributed by atoms with Crippen LogP contribution >= 0.6 is 24.0 Å². The lowest BCUT2D eigenvalue weighted by molar-refractivity contribution is 0.105. The van der Waals surface area contributed by atoms with E-state index in [2.05, 4.69) is 22.5 Å². The zero-order valence-corrected chi connectivity index (χ0v) is 19.8. The summed E-state index contributed by atoms with van der Waals surface area (Å²) in [6.07, 6.45) is 6.15. The molecule has 0 radical (unpaired) electrons. The van der Waals surface area contributed by atoms with Crippen LogP contribution in [0, 0.1) is 5.41 Å². The molecule has 0 saturated heterocycles. The van der Waals surface area contributed by atoms with E-state index in [4.69, 9.17) is 9.47 Å². The summed E-state index contributed by atoms with van der Waals surface area (Å²) < 4.78 is 10.8. The monoisotopic (exact) mass is 505 g/mol. The smallest absolute Gasteiger partial charge is 0.191 e. The Hall–Kier alpha value is -1.22. The minimum atomic E-state index is 0. The Morgan fingerprint density at radius 2 is 1.96 bits per heavy atom. The first-order valence-electron chi connectivity index (χ1n) is 10.1. The number of nitrogens with one attached hydrogen (secondary N) is 2. The minimum Gasteiger partial charge on any atom is -0.504 e. The highest BCUT2D eigenvalue weighted by atomic mass is 127. The number of ether oxygens (including phenoxy) is 2. The number of aromatic hydroxyl groups is 1. The third kappa shape index (κ3) is 7.31. The Kier molecular flexibility index (Phi) is 11.6. The van der Waals surface area contributed by atoms with E-state index in [1.54, 1.807) is 13.2 Å². The van der Waals surface area contributed by atoms with Crippen molar-refractivity contribution in [3.8, 4) is 11.5 Å². The summed E-state index contributed by atoms with van der Waals surface area (Å²) in [5, 5.41) is 17.1. The predicted molar refractivity (Wildman–Crippen MR) is 125 cm³/mol. The van der Waals surface area contributed by atoms with Crippen molar-refractivity contribution in [3.05, 3.63) is 23.8 Å². The number of methoxy groups -OCH3 is 1. The summed E-state index contributed by atoms with van der Waals surface area (Å²) in [4.78, 5) is 4.66. The number of rotatable bonds is 10. The van der Waals surface area contributed by atoms with E-state index in [9.17, 15) is 5.11 Å². The zero-order chi connectivity index (χ0) is 19.5. The Morgan fingerprint density at radius 3 is 2.61 bits per heavy atom. The lowest BCUT2D eigenvalue weighted by Crippen LogP contribution is -2.43. The van der Waals surface area contributed by atoms with E-state index in [0.717, 1.165) is 44.2 Å². The number of phenols is 1. The number of hydrogen-bond acceptors (Lipinski definition) is 4. The van der Waals surface area contributed by atoms with E-state index in [1.807, 2.05) is 19.1 Å². The van der Waals surface area contributed by atoms with Gasteiger partial charge in [-0.3, -0.25) is 0 Å². The molecule has 1 aliphatic carbocycles. The molecule has 0 heterocycles. The third-order valence-corrected chi connectivity index (χ3v) is 5.33. The topological polar surface area (TPSA) is 75.1 Å². The van der Waals surface area contributed by atoms with Gasteiger partial charge >= 0.3 is 0 Å². The van der Waals surface area contributed by atoms with Crippen LogP contribution in [0.1, 0.15) is 51.5 Å². The lowest BCUT2D eigenvalue weighted by Gasteiger charge is -2.30. The van der Waals surface area contributed by atoms with Gasteiger partial charge in [0.1, 0.15) is 0 Å². The number of hydrogen-bond donors (Lipinski definition) is 3. The summed E-state index contributed by atoms with van der Waals surface area (Å²) in [5.74, 6) is 1.41. The number of guanidine groups is 1. The van der Waals surface area contributed by atoms with Crippen molar-refractivity contribution < 1.29 is 14.6 Å². The maximum atomic E-state index is 10.2. The second-order valence-corrected chi connectivity index (χ2v) is 7.17. The molecule has 1 saturated carbocycles. The Bertz CT molecular complexity index is 605. The highest BCUT2D eigenvalue weighted by Gasteiger charge is 2.33. The molecule has 28 heavy (non-hydrogen) atoms. The van der Waals surface area contributed by atoms with E-state index >= 15 is 0 Å². The minimum absolute atomic E-state index is 0. The zero-order valence-electron chi connectivity index (χ0n) is 17.4. The number of nitrogens with zero attached hydrogens (tertiary/aromatic N) is 1. The van der Waals surface area contributed by atoms with Crippen molar-refractivity contribution in [2.75, 3.05) is 33.4 Å².